The van der Waals surface area contributed by atoms with Crippen molar-refractivity contribution in [2.24, 2.45) is 5.92 Å². The maximum atomic E-state index is 5.88. The molecular formula is C12H18N5O3+. The molecule has 108 valence electrons. The summed E-state index contributed by atoms with van der Waals surface area (Å²) in [5, 5.41) is 0. The van der Waals surface area contributed by atoms with Gasteiger partial charge in [0.05, 0.1) is 13.7 Å². The fourth-order valence-corrected chi connectivity index (χ4v) is 2.19. The number of aromatic amines is 2. The molecule has 20 heavy (non-hydrogen) atoms. The van der Waals surface area contributed by atoms with Gasteiger partial charge >= 0.3 is 17.7 Å². The van der Waals surface area contributed by atoms with Crippen molar-refractivity contribution < 1.29 is 19.2 Å². The maximum Gasteiger partial charge on any atom is 0.397 e. The van der Waals surface area contributed by atoms with Crippen LogP contribution in [-0.2, 0) is 4.74 Å². The van der Waals surface area contributed by atoms with Gasteiger partial charge in [-0.15, -0.1) is 0 Å². The number of nitrogens with one attached hydrogen (secondary N) is 2. The molecule has 1 aliphatic heterocycles. The summed E-state index contributed by atoms with van der Waals surface area (Å²) >= 11 is 0. The molecule has 0 aromatic carbocycles. The van der Waals surface area contributed by atoms with Crippen LogP contribution in [0.5, 0.6) is 12.0 Å². The highest BCUT2D eigenvalue weighted by atomic mass is 16.5. The lowest BCUT2D eigenvalue weighted by atomic mass is 10.0. The zero-order valence-corrected chi connectivity index (χ0v) is 11.3. The molecule has 2 aromatic heterocycles. The summed E-state index contributed by atoms with van der Waals surface area (Å²) in [6.07, 6.45) is 2.00. The van der Waals surface area contributed by atoms with E-state index in [1.54, 1.807) is 7.11 Å². The molecule has 0 radical (unpaired) electrons. The van der Waals surface area contributed by atoms with E-state index < -0.39 is 0 Å². The Morgan fingerprint density at radius 1 is 1.40 bits per heavy atom. The van der Waals surface area contributed by atoms with Gasteiger partial charge in [0.2, 0.25) is 5.52 Å². The van der Waals surface area contributed by atoms with Crippen LogP contribution < -0.4 is 20.2 Å². The second-order valence-corrected chi connectivity index (χ2v) is 4.77. The number of aromatic nitrogens is 4. The SMILES string of the molecule is COc1[nH]c2c(N)nc(OCC3CCOCC3)nc2[nH+]1. The third-order valence-electron chi connectivity index (χ3n) is 3.38. The molecule has 4 N–H and O–H groups in total. The highest BCUT2D eigenvalue weighted by molar-refractivity contribution is 5.79. The van der Waals surface area contributed by atoms with E-state index in [0.717, 1.165) is 26.1 Å². The number of H-pyrrole nitrogens is 2. The van der Waals surface area contributed by atoms with Crippen molar-refractivity contribution in [3.05, 3.63) is 0 Å². The molecule has 8 heteroatoms. The minimum Gasteiger partial charge on any atom is -0.451 e. The van der Waals surface area contributed by atoms with Crippen LogP contribution in [0.1, 0.15) is 12.8 Å². The lowest BCUT2D eigenvalue weighted by Gasteiger charge is -2.20. The van der Waals surface area contributed by atoms with Gasteiger partial charge < -0.3 is 19.9 Å². The van der Waals surface area contributed by atoms with Gasteiger partial charge in [-0.3, -0.25) is 0 Å². The monoisotopic (exact) mass is 280 g/mol. The molecule has 8 nitrogen and oxygen atoms in total. The standard InChI is InChI=1S/C12H17N5O3/c1-18-11-14-8-9(13)15-12(17-10(8)16-11)20-6-7-2-4-19-5-3-7/h7H,2-6H2,1H3,(H3,13,14,15,16,17)/p+1. The first-order chi connectivity index (χ1) is 9.76. The van der Waals surface area contributed by atoms with Crippen LogP contribution >= 0.6 is 0 Å². The number of fused-ring (bicyclic) bond motifs is 1. The van der Waals surface area contributed by atoms with Crippen molar-refractivity contribution in [2.45, 2.75) is 12.8 Å². The quantitative estimate of drug-likeness (QED) is 0.826. The predicted octanol–water partition coefficient (Wildman–Crippen LogP) is 0.168. The number of nitrogens with zero attached hydrogens (tertiary/aromatic N) is 2. The van der Waals surface area contributed by atoms with E-state index in [-0.39, 0.29) is 6.01 Å². The molecule has 0 aliphatic carbocycles. The van der Waals surface area contributed by atoms with Gasteiger partial charge in [-0.1, -0.05) is 0 Å². The van der Waals surface area contributed by atoms with Crippen molar-refractivity contribution in [3.63, 3.8) is 0 Å². The minimum absolute atomic E-state index is 0.277. The van der Waals surface area contributed by atoms with E-state index in [1.165, 1.54) is 0 Å². The number of ether oxygens (including phenoxy) is 3. The maximum absolute atomic E-state index is 5.88. The molecule has 0 bridgehead atoms. The summed E-state index contributed by atoms with van der Waals surface area (Å²) in [6.45, 7) is 2.16. The third-order valence-corrected chi connectivity index (χ3v) is 3.38. The lowest BCUT2D eigenvalue weighted by molar-refractivity contribution is -0.364. The average molecular weight is 280 g/mol. The topological polar surface area (TPSA) is 109 Å². The molecule has 0 atom stereocenters. The van der Waals surface area contributed by atoms with Gasteiger partial charge in [0.15, 0.2) is 5.82 Å². The van der Waals surface area contributed by atoms with Crippen LogP contribution in [0.4, 0.5) is 5.82 Å². The zero-order chi connectivity index (χ0) is 13.9. The van der Waals surface area contributed by atoms with Crippen LogP contribution in [0.25, 0.3) is 11.2 Å². The van der Waals surface area contributed by atoms with Gasteiger partial charge in [0.1, 0.15) is 0 Å². The fraction of sp³-hybridized carbons (Fsp3) is 0.583. The van der Waals surface area contributed by atoms with Crippen molar-refractivity contribution in [1.82, 2.24) is 15.0 Å². The molecule has 0 saturated carbocycles. The van der Waals surface area contributed by atoms with E-state index in [1.807, 2.05) is 0 Å². The van der Waals surface area contributed by atoms with Gasteiger partial charge in [-0.2, -0.15) is 4.98 Å². The number of nitrogens with two attached hydrogens (primary N) is 1. The first-order valence-corrected chi connectivity index (χ1v) is 6.59. The largest absolute Gasteiger partial charge is 0.451 e. The summed E-state index contributed by atoms with van der Waals surface area (Å²) in [6, 6.07) is 0.752. The number of hydrogen-bond donors (Lipinski definition) is 2. The first-order valence-electron chi connectivity index (χ1n) is 6.59. The molecule has 0 spiro atoms. The van der Waals surface area contributed by atoms with Crippen molar-refractivity contribution in [2.75, 3.05) is 32.7 Å². The van der Waals surface area contributed by atoms with Gasteiger partial charge in [0, 0.05) is 13.2 Å². The molecule has 3 rings (SSSR count). The van der Waals surface area contributed by atoms with Crippen LogP contribution in [-0.4, -0.2) is 41.9 Å². The Hall–Kier alpha value is -2.09. The molecule has 0 unspecified atom stereocenters. The lowest BCUT2D eigenvalue weighted by Crippen LogP contribution is -2.22. The Balaban J connectivity index is 1.74. The number of anilines is 1. The van der Waals surface area contributed by atoms with E-state index in [4.69, 9.17) is 19.9 Å². The summed E-state index contributed by atoms with van der Waals surface area (Å²) in [5.41, 5.74) is 7.05. The molecule has 1 fully saturated rings. The highest BCUT2D eigenvalue weighted by Crippen LogP contribution is 2.20. The highest BCUT2D eigenvalue weighted by Gasteiger charge is 2.20. The Kier molecular flexibility index (Phi) is 3.55. The molecule has 2 aromatic rings. The van der Waals surface area contributed by atoms with Crippen LogP contribution in [0.2, 0.25) is 0 Å². The summed E-state index contributed by atoms with van der Waals surface area (Å²) < 4.78 is 16.0. The number of nitrogen functional groups attached to an aromatic ring is 1. The van der Waals surface area contributed by atoms with Gasteiger partial charge in [0.25, 0.3) is 0 Å². The van der Waals surface area contributed by atoms with Gasteiger partial charge in [-0.25, -0.2) is 9.97 Å². The van der Waals surface area contributed by atoms with Gasteiger partial charge in [-0.05, 0) is 23.7 Å². The van der Waals surface area contributed by atoms with Crippen molar-refractivity contribution in [3.8, 4) is 12.0 Å². The normalized spacial score (nSPS) is 16.4. The third kappa shape index (κ3) is 2.60. The van der Waals surface area contributed by atoms with E-state index >= 15 is 0 Å². The van der Waals surface area contributed by atoms with E-state index in [9.17, 15) is 0 Å². The Morgan fingerprint density at radius 3 is 2.95 bits per heavy atom. The van der Waals surface area contributed by atoms with Crippen molar-refractivity contribution >= 4 is 17.0 Å². The molecular weight excluding hydrogens is 262 g/mol. The van der Waals surface area contributed by atoms with E-state index in [2.05, 4.69) is 19.9 Å². The fourth-order valence-electron chi connectivity index (χ4n) is 2.19. The van der Waals surface area contributed by atoms with Crippen molar-refractivity contribution in [1.29, 1.82) is 0 Å². The number of imidazole rings is 1. The Morgan fingerprint density at radius 2 is 2.20 bits per heavy atom. The second kappa shape index (κ2) is 5.49. The van der Waals surface area contributed by atoms with E-state index in [0.29, 0.717) is 35.5 Å². The zero-order valence-electron chi connectivity index (χ0n) is 11.3. The number of methoxy groups -OCH3 is 1. The molecule has 1 aliphatic rings. The molecule has 3 heterocycles. The molecule has 0 amide bonds. The predicted molar refractivity (Wildman–Crippen MR) is 70.4 cm³/mol. The Labute approximate surface area is 115 Å². The average Bonchev–Trinajstić information content (AvgIpc) is 2.90. The first kappa shape index (κ1) is 12.9. The van der Waals surface area contributed by atoms with Crippen LogP contribution in [0, 0.1) is 5.92 Å². The minimum atomic E-state index is 0.277. The smallest absolute Gasteiger partial charge is 0.397 e. The summed E-state index contributed by atoms with van der Waals surface area (Å²) in [4.78, 5) is 14.3. The molecule has 1 saturated heterocycles. The van der Waals surface area contributed by atoms with Crippen LogP contribution in [0.15, 0.2) is 0 Å². The summed E-state index contributed by atoms with van der Waals surface area (Å²) in [7, 11) is 1.55. The summed E-state index contributed by atoms with van der Waals surface area (Å²) in [5.74, 6) is 0.811. The van der Waals surface area contributed by atoms with Crippen LogP contribution in [0.3, 0.4) is 0 Å². The Bertz CT molecular complexity index is 594. The number of rotatable bonds is 4. The second-order valence-electron chi connectivity index (χ2n) is 4.77. The number of hydrogen-bond acceptors (Lipinski definition) is 6.